The number of sulfonamides is 1. The van der Waals surface area contributed by atoms with Gasteiger partial charge < -0.3 is 4.74 Å². The molecule has 0 unspecified atom stereocenters. The second-order valence-electron chi connectivity index (χ2n) is 6.62. The highest BCUT2D eigenvalue weighted by atomic mass is 32.2. The van der Waals surface area contributed by atoms with Gasteiger partial charge in [0.15, 0.2) is 5.65 Å². The first-order valence-corrected chi connectivity index (χ1v) is 10.3. The first kappa shape index (κ1) is 18.9. The number of aromatic nitrogens is 4. The fourth-order valence-electron chi connectivity index (χ4n) is 3.07. The zero-order valence-electron chi connectivity index (χ0n) is 16.1. The lowest BCUT2D eigenvalue weighted by Crippen LogP contribution is -2.14. The summed E-state index contributed by atoms with van der Waals surface area (Å²) in [5, 5.41) is 12.2. The first-order chi connectivity index (χ1) is 13.9. The van der Waals surface area contributed by atoms with Crippen LogP contribution < -0.4 is 9.46 Å². The highest BCUT2D eigenvalue weighted by molar-refractivity contribution is 7.92. The quantitative estimate of drug-likeness (QED) is 0.543. The van der Waals surface area contributed by atoms with E-state index in [0.29, 0.717) is 22.6 Å². The Bertz CT molecular complexity index is 1300. The topological polar surface area (TPSA) is 98.5 Å². The van der Waals surface area contributed by atoms with Crippen LogP contribution in [0.1, 0.15) is 11.1 Å². The monoisotopic (exact) mass is 409 g/mol. The Balaban J connectivity index is 1.60. The zero-order chi connectivity index (χ0) is 20.6. The summed E-state index contributed by atoms with van der Waals surface area (Å²) in [4.78, 5) is 0.222. The van der Waals surface area contributed by atoms with Crippen LogP contribution in [0.3, 0.4) is 0 Å². The van der Waals surface area contributed by atoms with Gasteiger partial charge in [0.05, 0.1) is 17.7 Å². The van der Waals surface area contributed by atoms with Crippen molar-refractivity contribution in [1.29, 1.82) is 0 Å². The number of methoxy groups -OCH3 is 1. The molecule has 2 aromatic carbocycles. The fourth-order valence-corrected chi connectivity index (χ4v) is 4.45. The van der Waals surface area contributed by atoms with Gasteiger partial charge >= 0.3 is 0 Å². The number of hydrogen-bond acceptors (Lipinski definition) is 6. The Morgan fingerprint density at radius 3 is 2.48 bits per heavy atom. The fraction of sp³-hybridized carbons (Fsp3) is 0.150. The molecule has 0 saturated carbocycles. The average molecular weight is 409 g/mol. The molecular formula is C20H19N5O3S. The average Bonchev–Trinajstić information content (AvgIpc) is 3.17. The van der Waals surface area contributed by atoms with Crippen LogP contribution in [-0.4, -0.2) is 35.3 Å². The van der Waals surface area contributed by atoms with E-state index in [1.165, 1.54) is 6.33 Å². The molecule has 0 amide bonds. The van der Waals surface area contributed by atoms with Gasteiger partial charge in [-0.2, -0.15) is 9.61 Å². The smallest absolute Gasteiger partial charge is 0.262 e. The minimum Gasteiger partial charge on any atom is -0.496 e. The van der Waals surface area contributed by atoms with E-state index >= 15 is 0 Å². The normalized spacial score (nSPS) is 11.6. The van der Waals surface area contributed by atoms with Crippen molar-refractivity contribution in [2.45, 2.75) is 18.7 Å². The largest absolute Gasteiger partial charge is 0.496 e. The van der Waals surface area contributed by atoms with E-state index in [4.69, 9.17) is 4.74 Å². The van der Waals surface area contributed by atoms with E-state index < -0.39 is 10.0 Å². The van der Waals surface area contributed by atoms with Crippen molar-refractivity contribution in [3.8, 4) is 17.0 Å². The van der Waals surface area contributed by atoms with Gasteiger partial charge in [-0.3, -0.25) is 4.72 Å². The van der Waals surface area contributed by atoms with Gasteiger partial charge in [0.25, 0.3) is 10.0 Å². The molecule has 0 aliphatic carbocycles. The summed E-state index contributed by atoms with van der Waals surface area (Å²) in [5.41, 5.74) is 4.07. The molecule has 0 saturated heterocycles. The number of nitrogens with one attached hydrogen (secondary N) is 1. The summed E-state index contributed by atoms with van der Waals surface area (Å²) in [5.74, 6) is 0.656. The van der Waals surface area contributed by atoms with Gasteiger partial charge in [-0.1, -0.05) is 12.1 Å². The SMILES string of the molecule is COc1cc(C)c(S(=O)(=O)Nc2ccc(-c3ccc4nncn4n3)cc2)cc1C. The summed E-state index contributed by atoms with van der Waals surface area (Å²) >= 11 is 0. The van der Waals surface area contributed by atoms with Crippen LogP contribution in [0.25, 0.3) is 16.9 Å². The van der Waals surface area contributed by atoms with Crippen LogP contribution in [0.4, 0.5) is 5.69 Å². The number of ether oxygens (including phenoxy) is 1. The van der Waals surface area contributed by atoms with Crippen molar-refractivity contribution in [3.05, 3.63) is 66.0 Å². The maximum absolute atomic E-state index is 12.9. The Morgan fingerprint density at radius 2 is 1.76 bits per heavy atom. The minimum atomic E-state index is -3.73. The van der Waals surface area contributed by atoms with E-state index in [2.05, 4.69) is 20.0 Å². The molecule has 0 fully saturated rings. The summed E-state index contributed by atoms with van der Waals surface area (Å²) in [7, 11) is -2.17. The number of anilines is 1. The zero-order valence-corrected chi connectivity index (χ0v) is 16.9. The Labute approximate surface area is 168 Å². The number of benzene rings is 2. The lowest BCUT2D eigenvalue weighted by molar-refractivity contribution is 0.411. The molecule has 29 heavy (non-hydrogen) atoms. The molecule has 0 spiro atoms. The standard InChI is InChI=1S/C20H19N5O3S/c1-13-11-19(14(2)10-18(13)28-3)29(26,27)24-16-6-4-15(5-7-16)17-8-9-20-22-21-12-25(20)23-17/h4-12,24H,1-3H3. The molecular weight excluding hydrogens is 390 g/mol. The van der Waals surface area contributed by atoms with Gasteiger partial charge in [-0.25, -0.2) is 8.42 Å². The van der Waals surface area contributed by atoms with Gasteiger partial charge in [-0.15, -0.1) is 10.2 Å². The molecule has 0 bridgehead atoms. The van der Waals surface area contributed by atoms with Crippen molar-refractivity contribution >= 4 is 21.4 Å². The van der Waals surface area contributed by atoms with Crippen LogP contribution in [-0.2, 0) is 10.0 Å². The highest BCUT2D eigenvalue weighted by Gasteiger charge is 2.19. The summed E-state index contributed by atoms with van der Waals surface area (Å²) < 4.78 is 35.2. The third kappa shape index (κ3) is 3.64. The molecule has 2 aromatic heterocycles. The molecule has 1 N–H and O–H groups in total. The maximum atomic E-state index is 12.9. The van der Waals surface area contributed by atoms with Gasteiger partial charge in [0, 0.05) is 11.3 Å². The van der Waals surface area contributed by atoms with Gasteiger partial charge in [0.2, 0.25) is 0 Å². The minimum absolute atomic E-state index is 0.222. The maximum Gasteiger partial charge on any atom is 0.262 e. The van der Waals surface area contributed by atoms with Crippen molar-refractivity contribution < 1.29 is 13.2 Å². The number of aryl methyl sites for hydroxylation is 2. The molecule has 4 aromatic rings. The molecule has 148 valence electrons. The lowest BCUT2D eigenvalue weighted by atomic mass is 10.1. The lowest BCUT2D eigenvalue weighted by Gasteiger charge is -2.13. The van der Waals surface area contributed by atoms with Crippen molar-refractivity contribution in [2.24, 2.45) is 0 Å². The summed E-state index contributed by atoms with van der Waals surface area (Å²) in [6.45, 7) is 3.55. The Hall–Kier alpha value is -3.46. The van der Waals surface area contributed by atoms with E-state index in [9.17, 15) is 8.42 Å². The predicted molar refractivity (Wildman–Crippen MR) is 109 cm³/mol. The van der Waals surface area contributed by atoms with Crippen LogP contribution in [0, 0.1) is 13.8 Å². The third-order valence-electron chi connectivity index (χ3n) is 4.58. The van der Waals surface area contributed by atoms with E-state index in [1.807, 2.05) is 31.2 Å². The summed E-state index contributed by atoms with van der Waals surface area (Å²) in [6.07, 6.45) is 1.53. The number of nitrogens with zero attached hydrogens (tertiary/aromatic N) is 4. The predicted octanol–water partition coefficient (Wildman–Crippen LogP) is 3.22. The second kappa shape index (κ2) is 7.17. The molecule has 2 heterocycles. The van der Waals surface area contributed by atoms with Crippen LogP contribution >= 0.6 is 0 Å². The van der Waals surface area contributed by atoms with E-state index in [1.54, 1.807) is 42.8 Å². The molecule has 0 atom stereocenters. The number of rotatable bonds is 5. The van der Waals surface area contributed by atoms with Crippen molar-refractivity contribution in [1.82, 2.24) is 19.8 Å². The summed E-state index contributed by atoms with van der Waals surface area (Å²) in [6, 6.07) is 14.0. The molecule has 0 aliphatic heterocycles. The molecule has 9 heteroatoms. The van der Waals surface area contributed by atoms with Crippen LogP contribution in [0.15, 0.2) is 59.8 Å². The van der Waals surface area contributed by atoms with Gasteiger partial charge in [0.1, 0.15) is 12.1 Å². The Morgan fingerprint density at radius 1 is 1.00 bits per heavy atom. The van der Waals surface area contributed by atoms with E-state index in [0.717, 1.165) is 16.8 Å². The molecule has 4 rings (SSSR count). The van der Waals surface area contributed by atoms with Crippen molar-refractivity contribution in [3.63, 3.8) is 0 Å². The molecule has 8 nitrogen and oxygen atoms in total. The number of hydrogen-bond donors (Lipinski definition) is 1. The first-order valence-electron chi connectivity index (χ1n) is 8.83. The molecule has 0 radical (unpaired) electrons. The van der Waals surface area contributed by atoms with E-state index in [-0.39, 0.29) is 4.90 Å². The third-order valence-corrected chi connectivity index (χ3v) is 6.10. The number of fused-ring (bicyclic) bond motifs is 1. The van der Waals surface area contributed by atoms with Crippen molar-refractivity contribution in [2.75, 3.05) is 11.8 Å². The van der Waals surface area contributed by atoms with Crippen LogP contribution in [0.2, 0.25) is 0 Å². The van der Waals surface area contributed by atoms with Crippen LogP contribution in [0.5, 0.6) is 5.75 Å². The second-order valence-corrected chi connectivity index (χ2v) is 8.27. The highest BCUT2D eigenvalue weighted by Crippen LogP contribution is 2.27. The Kier molecular flexibility index (Phi) is 4.67. The van der Waals surface area contributed by atoms with Gasteiger partial charge in [-0.05, 0) is 61.4 Å². The molecule has 0 aliphatic rings.